The predicted octanol–water partition coefficient (Wildman–Crippen LogP) is 2.39. The maximum atomic E-state index is 13.3. The van der Waals surface area contributed by atoms with Gasteiger partial charge in [0.05, 0.1) is 16.8 Å². The van der Waals surface area contributed by atoms with Crippen molar-refractivity contribution in [1.82, 2.24) is 15.6 Å². The van der Waals surface area contributed by atoms with Crippen molar-refractivity contribution in [1.29, 1.82) is 0 Å². The van der Waals surface area contributed by atoms with E-state index in [4.69, 9.17) is 0 Å². The number of carbonyl (C=O) groups excluding carboxylic acids is 3. The minimum absolute atomic E-state index is 0.0893. The molecule has 7 heteroatoms. The van der Waals surface area contributed by atoms with Gasteiger partial charge in [-0.25, -0.2) is 0 Å². The molecule has 1 aromatic heterocycles. The van der Waals surface area contributed by atoms with Gasteiger partial charge in [0.15, 0.2) is 0 Å². The predicted molar refractivity (Wildman–Crippen MR) is 114 cm³/mol. The highest BCUT2D eigenvalue weighted by Gasteiger charge is 2.41. The number of nitrogens with zero attached hydrogens (tertiary/aromatic N) is 2. The number of nitrogens with one attached hydrogen (secondary N) is 2. The number of benzene rings is 2. The molecule has 0 radical (unpaired) electrons. The molecule has 0 bridgehead atoms. The number of piperidine rings is 1. The Morgan fingerprint density at radius 3 is 2.68 bits per heavy atom. The Morgan fingerprint density at radius 2 is 1.84 bits per heavy atom. The largest absolute Gasteiger partial charge is 0.305 e. The first-order chi connectivity index (χ1) is 15.1. The van der Waals surface area contributed by atoms with Crippen LogP contribution in [0, 0.1) is 0 Å². The number of amides is 3. The summed E-state index contributed by atoms with van der Waals surface area (Å²) in [5, 5.41) is 6.75. The van der Waals surface area contributed by atoms with Crippen LogP contribution in [0.1, 0.15) is 45.9 Å². The number of rotatable bonds is 2. The van der Waals surface area contributed by atoms with Crippen LogP contribution >= 0.6 is 0 Å². The molecule has 31 heavy (non-hydrogen) atoms. The van der Waals surface area contributed by atoms with Crippen molar-refractivity contribution in [2.24, 2.45) is 0 Å². The Balaban J connectivity index is 1.44. The number of carbonyl (C=O) groups is 3. The molecule has 2 aromatic carbocycles. The van der Waals surface area contributed by atoms with Crippen LogP contribution in [-0.2, 0) is 22.6 Å². The van der Waals surface area contributed by atoms with Crippen molar-refractivity contribution in [2.45, 2.75) is 37.9 Å². The Kier molecular flexibility index (Phi) is 3.94. The first kappa shape index (κ1) is 18.2. The third-order valence-corrected chi connectivity index (χ3v) is 6.59. The van der Waals surface area contributed by atoms with Crippen molar-refractivity contribution in [2.75, 3.05) is 4.90 Å². The van der Waals surface area contributed by atoms with Crippen LogP contribution in [0.15, 0.2) is 48.7 Å². The third-order valence-electron chi connectivity index (χ3n) is 6.59. The van der Waals surface area contributed by atoms with Gasteiger partial charge in [-0.3, -0.25) is 29.6 Å². The van der Waals surface area contributed by atoms with E-state index in [0.29, 0.717) is 17.7 Å². The summed E-state index contributed by atoms with van der Waals surface area (Å²) >= 11 is 0. The molecule has 154 valence electrons. The van der Waals surface area contributed by atoms with Crippen LogP contribution in [0.4, 0.5) is 5.69 Å². The summed E-state index contributed by atoms with van der Waals surface area (Å²) in [4.78, 5) is 43.5. The number of hydrogen-bond acceptors (Lipinski definition) is 5. The van der Waals surface area contributed by atoms with E-state index in [0.717, 1.165) is 29.4 Å². The van der Waals surface area contributed by atoms with Gasteiger partial charge in [0.2, 0.25) is 11.8 Å². The van der Waals surface area contributed by atoms with Crippen molar-refractivity contribution in [3.05, 3.63) is 70.9 Å². The molecular formula is C24H20N4O3. The van der Waals surface area contributed by atoms with Gasteiger partial charge in [-0.05, 0) is 41.7 Å². The molecule has 0 aliphatic carbocycles. The van der Waals surface area contributed by atoms with E-state index in [1.807, 2.05) is 12.1 Å². The zero-order valence-electron chi connectivity index (χ0n) is 16.7. The van der Waals surface area contributed by atoms with E-state index < -0.39 is 11.9 Å². The van der Waals surface area contributed by atoms with E-state index in [1.54, 1.807) is 12.3 Å². The standard InChI is InChI=1S/C24H20N4O3/c29-20-8-7-19(23(30)27-20)28-18-9-10-25-22-15(5-6-16(21(18)22)24(28)31)17-11-13-3-1-2-4-14(13)12-26-17/h1-6,9-10,17,19,26H,7-8,11-12H2,(H,27,29,30)/t17-,19?/m0/s1. The third kappa shape index (κ3) is 2.70. The molecule has 0 saturated carbocycles. The molecule has 4 heterocycles. The first-order valence-electron chi connectivity index (χ1n) is 10.5. The highest BCUT2D eigenvalue weighted by molar-refractivity contribution is 6.27. The molecule has 1 saturated heterocycles. The first-order valence-corrected chi connectivity index (χ1v) is 10.5. The van der Waals surface area contributed by atoms with Crippen LogP contribution in [-0.4, -0.2) is 28.7 Å². The summed E-state index contributed by atoms with van der Waals surface area (Å²) in [6.45, 7) is 0.783. The molecule has 0 spiro atoms. The average molecular weight is 412 g/mol. The molecule has 3 aliphatic rings. The molecule has 3 aliphatic heterocycles. The number of aromatic nitrogens is 1. The zero-order chi connectivity index (χ0) is 21.1. The summed E-state index contributed by atoms with van der Waals surface area (Å²) in [6, 6.07) is 13.4. The van der Waals surface area contributed by atoms with Gasteiger partial charge in [-0.2, -0.15) is 0 Å². The SMILES string of the molecule is O=C1CCC(N2C(=O)c3ccc([C@@H]4Cc5ccccc5CN4)c4nccc2c34)C(=O)N1. The molecule has 2 N–H and O–H groups in total. The molecule has 6 rings (SSSR count). The van der Waals surface area contributed by atoms with Crippen molar-refractivity contribution in [3.8, 4) is 0 Å². The minimum atomic E-state index is -0.689. The fourth-order valence-electron chi connectivity index (χ4n) is 5.08. The lowest BCUT2D eigenvalue weighted by atomic mass is 9.90. The van der Waals surface area contributed by atoms with Gasteiger partial charge < -0.3 is 5.32 Å². The van der Waals surface area contributed by atoms with Gasteiger partial charge in [0.25, 0.3) is 5.91 Å². The quantitative estimate of drug-likeness (QED) is 0.631. The van der Waals surface area contributed by atoms with Gasteiger partial charge in [0.1, 0.15) is 6.04 Å². The fourth-order valence-corrected chi connectivity index (χ4v) is 5.08. The van der Waals surface area contributed by atoms with Crippen LogP contribution in [0.2, 0.25) is 0 Å². The molecular weight excluding hydrogens is 392 g/mol. The highest BCUT2D eigenvalue weighted by atomic mass is 16.2. The Morgan fingerprint density at radius 1 is 1.00 bits per heavy atom. The van der Waals surface area contributed by atoms with Crippen molar-refractivity contribution >= 4 is 34.3 Å². The molecule has 2 atom stereocenters. The van der Waals surface area contributed by atoms with Gasteiger partial charge in [0, 0.05) is 30.6 Å². The zero-order valence-corrected chi connectivity index (χ0v) is 16.7. The fraction of sp³-hybridized carbons (Fsp3) is 0.250. The van der Waals surface area contributed by atoms with Gasteiger partial charge >= 0.3 is 0 Å². The number of fused-ring (bicyclic) bond motifs is 1. The average Bonchev–Trinajstić information content (AvgIpc) is 3.07. The van der Waals surface area contributed by atoms with E-state index >= 15 is 0 Å². The lowest BCUT2D eigenvalue weighted by molar-refractivity contribution is -0.134. The Hall–Kier alpha value is -3.58. The second kappa shape index (κ2) is 6.72. The second-order valence-corrected chi connectivity index (χ2v) is 8.30. The monoisotopic (exact) mass is 412 g/mol. The van der Waals surface area contributed by atoms with Crippen LogP contribution in [0.25, 0.3) is 10.9 Å². The highest BCUT2D eigenvalue weighted by Crippen LogP contribution is 2.41. The van der Waals surface area contributed by atoms with E-state index in [2.05, 4.69) is 39.9 Å². The maximum absolute atomic E-state index is 13.3. The number of imide groups is 1. The molecule has 3 amide bonds. The topological polar surface area (TPSA) is 91.4 Å². The summed E-state index contributed by atoms with van der Waals surface area (Å²) < 4.78 is 0. The number of pyridine rings is 1. The number of anilines is 1. The van der Waals surface area contributed by atoms with E-state index in [1.165, 1.54) is 16.0 Å². The van der Waals surface area contributed by atoms with Gasteiger partial charge in [-0.15, -0.1) is 0 Å². The van der Waals surface area contributed by atoms with Crippen LogP contribution < -0.4 is 15.5 Å². The van der Waals surface area contributed by atoms with Crippen molar-refractivity contribution < 1.29 is 14.4 Å². The smallest absolute Gasteiger partial charge is 0.259 e. The Labute approximate surface area is 178 Å². The minimum Gasteiger partial charge on any atom is -0.305 e. The van der Waals surface area contributed by atoms with Crippen LogP contribution in [0.3, 0.4) is 0 Å². The van der Waals surface area contributed by atoms with E-state index in [9.17, 15) is 14.4 Å². The lowest BCUT2D eigenvalue weighted by Crippen LogP contribution is -2.53. The summed E-state index contributed by atoms with van der Waals surface area (Å²) in [6.07, 6.45) is 3.09. The normalized spacial score (nSPS) is 22.6. The number of hydrogen-bond donors (Lipinski definition) is 2. The molecule has 1 fully saturated rings. The van der Waals surface area contributed by atoms with E-state index in [-0.39, 0.29) is 24.3 Å². The molecule has 7 nitrogen and oxygen atoms in total. The van der Waals surface area contributed by atoms with Crippen molar-refractivity contribution in [3.63, 3.8) is 0 Å². The molecule has 3 aromatic rings. The summed E-state index contributed by atoms with van der Waals surface area (Å²) in [7, 11) is 0. The Bertz CT molecular complexity index is 1290. The summed E-state index contributed by atoms with van der Waals surface area (Å²) in [5.41, 5.74) is 5.70. The second-order valence-electron chi connectivity index (χ2n) is 8.30. The summed E-state index contributed by atoms with van der Waals surface area (Å²) in [5.74, 6) is -0.930. The van der Waals surface area contributed by atoms with Crippen LogP contribution in [0.5, 0.6) is 0 Å². The van der Waals surface area contributed by atoms with Gasteiger partial charge in [-0.1, -0.05) is 30.3 Å². The maximum Gasteiger partial charge on any atom is 0.259 e. The lowest BCUT2D eigenvalue weighted by Gasteiger charge is -2.30. The molecule has 1 unspecified atom stereocenters.